The molecule has 0 saturated carbocycles. The highest BCUT2D eigenvalue weighted by Crippen LogP contribution is 2.21. The van der Waals surface area contributed by atoms with E-state index in [9.17, 15) is 14.4 Å². The zero-order valence-corrected chi connectivity index (χ0v) is 11.4. The molecule has 0 aliphatic carbocycles. The Labute approximate surface area is 126 Å². The lowest BCUT2D eigenvalue weighted by Crippen LogP contribution is -2.42. The zero-order chi connectivity index (χ0) is 15.5. The van der Waals surface area contributed by atoms with Crippen molar-refractivity contribution in [2.75, 3.05) is 12.0 Å². The average Bonchev–Trinajstić information content (AvgIpc) is 2.78. The molecule has 2 N–H and O–H groups in total. The summed E-state index contributed by atoms with van der Waals surface area (Å²) < 4.78 is 0. The summed E-state index contributed by atoms with van der Waals surface area (Å²) in [6.45, 7) is -0.196. The number of aromatic nitrogens is 1. The molecule has 0 saturated heterocycles. The Morgan fingerprint density at radius 3 is 2.32 bits per heavy atom. The summed E-state index contributed by atoms with van der Waals surface area (Å²) in [7, 11) is 0. The maximum atomic E-state index is 12.1. The topological polar surface area (TPSA) is 91.4 Å². The molecular weight excluding hydrogens is 284 g/mol. The van der Waals surface area contributed by atoms with Crippen molar-refractivity contribution in [3.8, 4) is 0 Å². The third kappa shape index (κ3) is 2.51. The molecule has 0 atom stereocenters. The molecule has 22 heavy (non-hydrogen) atoms. The van der Waals surface area contributed by atoms with Crippen LogP contribution < -0.4 is 10.6 Å². The summed E-state index contributed by atoms with van der Waals surface area (Å²) in [6, 6.07) is 9.39. The van der Waals surface area contributed by atoms with E-state index in [1.807, 2.05) is 0 Å². The lowest BCUT2D eigenvalue weighted by Gasteiger charge is -2.15. The van der Waals surface area contributed by atoms with Crippen LogP contribution in [0.4, 0.5) is 10.5 Å². The first kappa shape index (κ1) is 13.7. The molecule has 110 valence electrons. The third-order valence-corrected chi connectivity index (χ3v) is 3.20. The van der Waals surface area contributed by atoms with Crippen LogP contribution in [0.1, 0.15) is 20.7 Å². The fourth-order valence-corrected chi connectivity index (χ4v) is 2.15. The van der Waals surface area contributed by atoms with Crippen LogP contribution in [0.5, 0.6) is 0 Å². The van der Waals surface area contributed by atoms with Gasteiger partial charge in [0.05, 0.1) is 23.0 Å². The van der Waals surface area contributed by atoms with Gasteiger partial charge in [-0.2, -0.15) is 0 Å². The number of hydrogen-bond donors (Lipinski definition) is 2. The number of rotatable bonds is 3. The van der Waals surface area contributed by atoms with Crippen LogP contribution in [-0.4, -0.2) is 34.4 Å². The van der Waals surface area contributed by atoms with Crippen LogP contribution in [-0.2, 0) is 0 Å². The maximum absolute atomic E-state index is 12.1. The van der Waals surface area contributed by atoms with Crippen molar-refractivity contribution in [1.29, 1.82) is 0 Å². The van der Waals surface area contributed by atoms with E-state index in [0.717, 1.165) is 4.90 Å². The first-order valence-electron chi connectivity index (χ1n) is 6.57. The van der Waals surface area contributed by atoms with E-state index < -0.39 is 17.8 Å². The molecule has 1 aliphatic rings. The summed E-state index contributed by atoms with van der Waals surface area (Å²) >= 11 is 0. The van der Waals surface area contributed by atoms with Gasteiger partial charge in [0, 0.05) is 6.20 Å². The second-order valence-electron chi connectivity index (χ2n) is 4.61. The van der Waals surface area contributed by atoms with Crippen molar-refractivity contribution in [2.45, 2.75) is 0 Å². The smallest absolute Gasteiger partial charge is 0.320 e. The Bertz CT molecular complexity index is 710. The molecule has 0 bridgehead atoms. The Morgan fingerprint density at radius 1 is 1.05 bits per heavy atom. The number of anilines is 1. The lowest BCUT2D eigenvalue weighted by atomic mass is 10.1. The highest BCUT2D eigenvalue weighted by atomic mass is 16.2. The SMILES string of the molecule is O=C(NCN1C(=O)c2ccccc2C1=O)Nc1cccnc1. The van der Waals surface area contributed by atoms with Crippen LogP contribution >= 0.6 is 0 Å². The van der Waals surface area contributed by atoms with Crippen molar-refractivity contribution < 1.29 is 14.4 Å². The Kier molecular flexibility index (Phi) is 3.53. The van der Waals surface area contributed by atoms with Gasteiger partial charge in [0.15, 0.2) is 0 Å². The molecule has 2 heterocycles. The monoisotopic (exact) mass is 296 g/mol. The summed E-state index contributed by atoms with van der Waals surface area (Å²) in [5.74, 6) is -0.829. The Morgan fingerprint density at radius 2 is 1.73 bits per heavy atom. The van der Waals surface area contributed by atoms with Crippen molar-refractivity contribution in [3.05, 3.63) is 59.9 Å². The maximum Gasteiger partial charge on any atom is 0.320 e. The number of amides is 4. The Hall–Kier alpha value is -3.22. The Balaban J connectivity index is 1.62. The lowest BCUT2D eigenvalue weighted by molar-refractivity contribution is 0.0648. The van der Waals surface area contributed by atoms with E-state index in [-0.39, 0.29) is 6.67 Å². The number of benzene rings is 1. The van der Waals surface area contributed by atoms with E-state index in [2.05, 4.69) is 15.6 Å². The van der Waals surface area contributed by atoms with E-state index in [1.54, 1.807) is 42.6 Å². The number of nitrogens with zero attached hydrogens (tertiary/aromatic N) is 2. The number of pyridine rings is 1. The van der Waals surface area contributed by atoms with Gasteiger partial charge in [-0.05, 0) is 24.3 Å². The number of urea groups is 1. The van der Waals surface area contributed by atoms with Gasteiger partial charge >= 0.3 is 6.03 Å². The standard InChI is InChI=1S/C15H12N4O3/c20-13-11-5-1-2-6-12(11)14(21)19(13)9-17-15(22)18-10-4-3-7-16-8-10/h1-8H,9H2,(H2,17,18,22). The van der Waals surface area contributed by atoms with Crippen LogP contribution in [0, 0.1) is 0 Å². The van der Waals surface area contributed by atoms with Gasteiger partial charge in [-0.3, -0.25) is 19.5 Å². The van der Waals surface area contributed by atoms with Gasteiger partial charge in [0.25, 0.3) is 11.8 Å². The molecule has 0 spiro atoms. The molecule has 0 fully saturated rings. The zero-order valence-electron chi connectivity index (χ0n) is 11.4. The molecule has 1 aromatic carbocycles. The van der Waals surface area contributed by atoms with Gasteiger partial charge < -0.3 is 10.6 Å². The van der Waals surface area contributed by atoms with Crippen LogP contribution in [0.25, 0.3) is 0 Å². The van der Waals surface area contributed by atoms with Gasteiger partial charge in [0.1, 0.15) is 6.67 Å². The minimum absolute atomic E-state index is 0.196. The first-order chi connectivity index (χ1) is 10.7. The fourth-order valence-electron chi connectivity index (χ4n) is 2.15. The predicted molar refractivity (Wildman–Crippen MR) is 78.2 cm³/mol. The second kappa shape index (κ2) is 5.65. The summed E-state index contributed by atoms with van der Waals surface area (Å²) in [6.07, 6.45) is 3.07. The number of nitrogens with one attached hydrogen (secondary N) is 2. The fraction of sp³-hybridized carbons (Fsp3) is 0.0667. The molecule has 2 aromatic rings. The van der Waals surface area contributed by atoms with Crippen molar-refractivity contribution in [3.63, 3.8) is 0 Å². The summed E-state index contributed by atoms with van der Waals surface area (Å²) in [4.78, 5) is 40.8. The van der Waals surface area contributed by atoms with Crippen molar-refractivity contribution >= 4 is 23.5 Å². The number of hydrogen-bond acceptors (Lipinski definition) is 4. The molecule has 7 heteroatoms. The van der Waals surface area contributed by atoms with E-state index in [4.69, 9.17) is 0 Å². The van der Waals surface area contributed by atoms with Crippen molar-refractivity contribution in [1.82, 2.24) is 15.2 Å². The largest absolute Gasteiger partial charge is 0.320 e. The normalized spacial score (nSPS) is 13.0. The minimum atomic E-state index is -0.524. The molecule has 7 nitrogen and oxygen atoms in total. The van der Waals surface area contributed by atoms with Gasteiger partial charge in [-0.25, -0.2) is 4.79 Å². The highest BCUT2D eigenvalue weighted by Gasteiger charge is 2.34. The van der Waals surface area contributed by atoms with Crippen LogP contribution in [0.2, 0.25) is 0 Å². The average molecular weight is 296 g/mol. The number of fused-ring (bicyclic) bond motifs is 1. The second-order valence-corrected chi connectivity index (χ2v) is 4.61. The van der Waals surface area contributed by atoms with Crippen LogP contribution in [0.3, 0.4) is 0 Å². The molecular formula is C15H12N4O3. The summed E-state index contributed by atoms with van der Waals surface area (Å²) in [5, 5.41) is 5.03. The molecule has 3 rings (SSSR count). The molecule has 1 aromatic heterocycles. The molecule has 1 aliphatic heterocycles. The first-order valence-corrected chi connectivity index (χ1v) is 6.57. The quantitative estimate of drug-likeness (QED) is 0.839. The van der Waals surface area contributed by atoms with Gasteiger partial charge in [-0.1, -0.05) is 12.1 Å². The van der Waals surface area contributed by atoms with E-state index >= 15 is 0 Å². The molecule has 4 amide bonds. The van der Waals surface area contributed by atoms with Crippen LogP contribution in [0.15, 0.2) is 48.8 Å². The minimum Gasteiger partial charge on any atom is -0.320 e. The number of imide groups is 1. The number of carbonyl (C=O) groups excluding carboxylic acids is 3. The van der Waals surface area contributed by atoms with Gasteiger partial charge in [0.2, 0.25) is 0 Å². The third-order valence-electron chi connectivity index (χ3n) is 3.20. The summed E-state index contributed by atoms with van der Waals surface area (Å²) in [5.41, 5.74) is 1.21. The van der Waals surface area contributed by atoms with E-state index in [1.165, 1.54) is 6.20 Å². The molecule has 0 radical (unpaired) electrons. The van der Waals surface area contributed by atoms with Crippen molar-refractivity contribution in [2.24, 2.45) is 0 Å². The van der Waals surface area contributed by atoms with Gasteiger partial charge in [-0.15, -0.1) is 0 Å². The van der Waals surface area contributed by atoms with E-state index in [0.29, 0.717) is 16.8 Å². The highest BCUT2D eigenvalue weighted by molar-refractivity contribution is 6.21. The number of carbonyl (C=O) groups is 3. The molecule has 0 unspecified atom stereocenters. The predicted octanol–water partition coefficient (Wildman–Crippen LogP) is 1.46.